The number of rotatable bonds is 6. The lowest BCUT2D eigenvalue weighted by atomic mass is 10.0. The van der Waals surface area contributed by atoms with Gasteiger partial charge in [-0.1, -0.05) is 12.1 Å². The summed E-state index contributed by atoms with van der Waals surface area (Å²) >= 11 is 0. The van der Waals surface area contributed by atoms with Gasteiger partial charge < -0.3 is 20.9 Å². The van der Waals surface area contributed by atoms with Crippen LogP contribution < -0.4 is 11.1 Å². The molecule has 3 amide bonds. The number of benzene rings is 1. The van der Waals surface area contributed by atoms with E-state index in [1.165, 1.54) is 0 Å². The highest BCUT2D eigenvalue weighted by molar-refractivity contribution is 5.94. The molecule has 2 bridgehead atoms. The highest BCUT2D eigenvalue weighted by Gasteiger charge is 2.56. The van der Waals surface area contributed by atoms with Crippen LogP contribution in [-0.2, 0) is 9.59 Å². The second kappa shape index (κ2) is 8.12. The lowest BCUT2D eigenvalue weighted by molar-refractivity contribution is -0.141. The fraction of sp³-hybridized carbons (Fsp3) is 0.583. The number of nitriles is 1. The van der Waals surface area contributed by atoms with Crippen molar-refractivity contribution >= 4 is 17.7 Å². The quantitative estimate of drug-likeness (QED) is 0.640. The number of fused-ring (bicyclic) bond motifs is 3. The molecule has 4 fully saturated rings. The van der Waals surface area contributed by atoms with Gasteiger partial charge in [0.2, 0.25) is 11.8 Å². The van der Waals surface area contributed by atoms with Gasteiger partial charge in [0.15, 0.2) is 0 Å². The molecular weight excluding hydrogens is 420 g/mol. The van der Waals surface area contributed by atoms with E-state index < -0.39 is 6.04 Å². The maximum Gasteiger partial charge on any atom is 0.251 e. The minimum Gasteiger partial charge on any atom is -0.355 e. The predicted molar refractivity (Wildman–Crippen MR) is 120 cm³/mol. The number of likely N-dealkylation sites (tertiary alicyclic amines) is 3. The molecule has 33 heavy (non-hydrogen) atoms. The monoisotopic (exact) mass is 450 g/mol. The molecule has 3 saturated heterocycles. The standard InChI is InChI=1S/C24H30N6O3/c1-13(14-4-3-5-15(6-14)22(31)27-2)29-18-9-21(24(29)33)28(11-18)12-19(26)23(32)30-17(10-25)7-16-8-20(16)30/h3-6,13,16-21H,7-9,11-12,26H2,1-2H3,(H,27,31)/t13-,16+,17-,18?,19-,20-,21-/m0/s1. The normalized spacial score (nSPS) is 31.8. The molecule has 3 heterocycles. The summed E-state index contributed by atoms with van der Waals surface area (Å²) in [5.74, 6) is 0.171. The zero-order valence-corrected chi connectivity index (χ0v) is 19.0. The Balaban J connectivity index is 1.24. The Morgan fingerprint density at radius 1 is 1.30 bits per heavy atom. The van der Waals surface area contributed by atoms with Gasteiger partial charge >= 0.3 is 0 Å². The number of nitrogens with zero attached hydrogens (tertiary/aromatic N) is 4. The van der Waals surface area contributed by atoms with Crippen LogP contribution in [0.15, 0.2) is 24.3 Å². The van der Waals surface area contributed by atoms with Crippen LogP contribution in [-0.4, -0.2) is 82.8 Å². The number of carbonyl (C=O) groups excluding carboxylic acids is 3. The lowest BCUT2D eigenvalue weighted by Gasteiger charge is -2.38. The first-order valence-electron chi connectivity index (χ1n) is 11.7. The first kappa shape index (κ1) is 21.9. The topological polar surface area (TPSA) is 123 Å². The maximum atomic E-state index is 13.3. The van der Waals surface area contributed by atoms with Crippen molar-refractivity contribution < 1.29 is 14.4 Å². The smallest absolute Gasteiger partial charge is 0.251 e. The molecule has 1 aliphatic carbocycles. The minimum atomic E-state index is -0.734. The van der Waals surface area contributed by atoms with E-state index in [2.05, 4.69) is 11.4 Å². The predicted octanol–water partition coefficient (Wildman–Crippen LogP) is 0.233. The van der Waals surface area contributed by atoms with Crippen LogP contribution in [0.2, 0.25) is 0 Å². The van der Waals surface area contributed by atoms with Gasteiger partial charge in [0.1, 0.15) is 6.04 Å². The molecule has 1 unspecified atom stereocenters. The summed E-state index contributed by atoms with van der Waals surface area (Å²) in [6.45, 7) is 2.99. The van der Waals surface area contributed by atoms with Crippen LogP contribution in [0.25, 0.3) is 0 Å². The van der Waals surface area contributed by atoms with E-state index in [0.29, 0.717) is 31.0 Å². The Bertz CT molecular complexity index is 1040. The molecule has 1 aromatic carbocycles. The third-order valence-electron chi connectivity index (χ3n) is 7.85. The fourth-order valence-electron chi connectivity index (χ4n) is 6.05. The number of nitrogens with one attached hydrogen (secondary N) is 1. The molecule has 0 aromatic heterocycles. The van der Waals surface area contributed by atoms with Crippen molar-refractivity contribution in [2.24, 2.45) is 11.7 Å². The molecule has 1 saturated carbocycles. The molecule has 5 rings (SSSR count). The second-order valence-corrected chi connectivity index (χ2v) is 9.78. The maximum absolute atomic E-state index is 13.3. The average Bonchev–Trinajstić information content (AvgIpc) is 3.15. The zero-order chi connectivity index (χ0) is 23.4. The van der Waals surface area contributed by atoms with E-state index in [-0.39, 0.29) is 47.9 Å². The number of nitrogens with two attached hydrogens (primary N) is 1. The van der Waals surface area contributed by atoms with Crippen molar-refractivity contribution in [2.45, 2.75) is 62.4 Å². The van der Waals surface area contributed by atoms with E-state index in [0.717, 1.165) is 18.4 Å². The Labute approximate surface area is 193 Å². The van der Waals surface area contributed by atoms with Crippen LogP contribution in [0.5, 0.6) is 0 Å². The van der Waals surface area contributed by atoms with Crippen molar-refractivity contribution in [3.8, 4) is 6.07 Å². The average molecular weight is 451 g/mol. The molecule has 174 valence electrons. The molecule has 9 heteroatoms. The van der Waals surface area contributed by atoms with E-state index in [1.54, 1.807) is 18.0 Å². The van der Waals surface area contributed by atoms with Gasteiger partial charge in [0, 0.05) is 37.8 Å². The molecule has 7 atom stereocenters. The largest absolute Gasteiger partial charge is 0.355 e. The highest BCUT2D eigenvalue weighted by atomic mass is 16.2. The number of amides is 3. The second-order valence-electron chi connectivity index (χ2n) is 9.78. The van der Waals surface area contributed by atoms with Crippen LogP contribution in [0.4, 0.5) is 0 Å². The van der Waals surface area contributed by atoms with E-state index in [4.69, 9.17) is 5.73 Å². The third-order valence-corrected chi connectivity index (χ3v) is 7.85. The van der Waals surface area contributed by atoms with Crippen molar-refractivity contribution in [1.29, 1.82) is 5.26 Å². The summed E-state index contributed by atoms with van der Waals surface area (Å²) < 4.78 is 0. The summed E-state index contributed by atoms with van der Waals surface area (Å²) in [6.07, 6.45) is 2.44. The summed E-state index contributed by atoms with van der Waals surface area (Å²) in [5.41, 5.74) is 7.78. The van der Waals surface area contributed by atoms with Gasteiger partial charge in [0.05, 0.1) is 24.2 Å². The Hall–Kier alpha value is -2.96. The van der Waals surface area contributed by atoms with Crippen molar-refractivity contribution in [3.63, 3.8) is 0 Å². The van der Waals surface area contributed by atoms with Gasteiger partial charge in [-0.15, -0.1) is 0 Å². The Morgan fingerprint density at radius 3 is 2.79 bits per heavy atom. The summed E-state index contributed by atoms with van der Waals surface area (Å²) in [6, 6.07) is 8.30. The van der Waals surface area contributed by atoms with Gasteiger partial charge in [-0.2, -0.15) is 5.26 Å². The number of carbonyl (C=O) groups is 3. The van der Waals surface area contributed by atoms with Gasteiger partial charge in [-0.3, -0.25) is 19.3 Å². The van der Waals surface area contributed by atoms with E-state index in [1.807, 2.05) is 34.9 Å². The van der Waals surface area contributed by atoms with Crippen LogP contribution >= 0.6 is 0 Å². The number of piperidine rings is 1. The molecule has 3 aliphatic heterocycles. The molecule has 1 aromatic rings. The first-order valence-corrected chi connectivity index (χ1v) is 11.7. The Morgan fingerprint density at radius 2 is 2.09 bits per heavy atom. The molecule has 0 spiro atoms. The zero-order valence-electron chi connectivity index (χ0n) is 19.0. The van der Waals surface area contributed by atoms with E-state index in [9.17, 15) is 19.6 Å². The van der Waals surface area contributed by atoms with Gasteiger partial charge in [-0.25, -0.2) is 0 Å². The SMILES string of the molecule is CNC(=O)c1cccc([C@H](C)N2C(=O)[C@@H]3CC2CN3C[C@H](N)C(=O)N2[C@H](C#N)C[C@@H]3C[C@@H]32)c1. The van der Waals surface area contributed by atoms with Crippen molar-refractivity contribution in [3.05, 3.63) is 35.4 Å². The van der Waals surface area contributed by atoms with Crippen LogP contribution in [0.3, 0.4) is 0 Å². The number of piperazine rings is 1. The number of hydrogen-bond donors (Lipinski definition) is 2. The van der Waals surface area contributed by atoms with Crippen molar-refractivity contribution in [2.75, 3.05) is 20.1 Å². The minimum absolute atomic E-state index is 0.0436. The highest BCUT2D eigenvalue weighted by Crippen LogP contribution is 2.48. The molecular formula is C24H30N6O3. The lowest BCUT2D eigenvalue weighted by Crippen LogP contribution is -2.57. The van der Waals surface area contributed by atoms with Crippen LogP contribution in [0, 0.1) is 17.2 Å². The third kappa shape index (κ3) is 3.58. The molecule has 4 aliphatic rings. The fourth-order valence-corrected chi connectivity index (χ4v) is 6.05. The first-order chi connectivity index (χ1) is 15.8. The molecule has 0 radical (unpaired) electrons. The van der Waals surface area contributed by atoms with E-state index >= 15 is 0 Å². The Kier molecular flexibility index (Phi) is 5.38. The van der Waals surface area contributed by atoms with Gasteiger partial charge in [0.25, 0.3) is 5.91 Å². The number of hydrogen-bond acceptors (Lipinski definition) is 6. The molecule has 3 N–H and O–H groups in total. The van der Waals surface area contributed by atoms with Crippen LogP contribution in [0.1, 0.15) is 48.1 Å². The van der Waals surface area contributed by atoms with Gasteiger partial charge in [-0.05, 0) is 49.8 Å². The molecule has 9 nitrogen and oxygen atoms in total. The summed E-state index contributed by atoms with van der Waals surface area (Å²) in [4.78, 5) is 43.9. The van der Waals surface area contributed by atoms with Crippen molar-refractivity contribution in [1.82, 2.24) is 20.0 Å². The summed E-state index contributed by atoms with van der Waals surface area (Å²) in [7, 11) is 1.60. The summed E-state index contributed by atoms with van der Waals surface area (Å²) in [5, 5.41) is 12.0.